The van der Waals surface area contributed by atoms with Gasteiger partial charge in [-0.1, -0.05) is 74.4 Å². The van der Waals surface area contributed by atoms with Gasteiger partial charge in [0.25, 0.3) is 11.8 Å². The molecule has 32 heavy (non-hydrogen) atoms. The number of hydrogen-bond donors (Lipinski definition) is 2. The molecule has 0 aromatic heterocycles. The van der Waals surface area contributed by atoms with Crippen molar-refractivity contribution in [3.05, 3.63) is 95.6 Å². The fourth-order valence-corrected chi connectivity index (χ4v) is 3.08. The van der Waals surface area contributed by atoms with Gasteiger partial charge in [0, 0.05) is 0 Å². The Balaban J connectivity index is 1.60. The van der Waals surface area contributed by atoms with E-state index in [1.807, 2.05) is 36.4 Å². The number of hydrazine groups is 1. The molecule has 3 rings (SSSR count). The van der Waals surface area contributed by atoms with Gasteiger partial charge >= 0.3 is 0 Å². The van der Waals surface area contributed by atoms with Gasteiger partial charge in [-0.3, -0.25) is 20.4 Å². The average molecular weight is 433 g/mol. The first-order chi connectivity index (χ1) is 15.7. The standard InChI is InChI=1S/C26H28N2O4/c1-2-3-11-18-31-23-16-9-7-14-21(23)25(29)27-28-26(30)22-15-8-10-17-24(22)32-19-20-12-5-4-6-13-20/h4-10,12-17H,2-3,11,18-19H2,1H3,(H,27,29)(H,28,30). The number of benzene rings is 3. The molecular weight excluding hydrogens is 404 g/mol. The molecule has 0 spiro atoms. The van der Waals surface area contributed by atoms with E-state index in [1.54, 1.807) is 42.5 Å². The van der Waals surface area contributed by atoms with Crippen molar-refractivity contribution in [1.82, 2.24) is 10.9 Å². The van der Waals surface area contributed by atoms with Crippen LogP contribution in [0.5, 0.6) is 11.5 Å². The molecule has 0 heterocycles. The van der Waals surface area contributed by atoms with Crippen LogP contribution in [-0.4, -0.2) is 18.4 Å². The highest BCUT2D eigenvalue weighted by Gasteiger charge is 2.16. The maximum Gasteiger partial charge on any atom is 0.273 e. The second-order valence-corrected chi connectivity index (χ2v) is 7.23. The summed E-state index contributed by atoms with van der Waals surface area (Å²) in [7, 11) is 0. The van der Waals surface area contributed by atoms with Crippen molar-refractivity contribution in [2.75, 3.05) is 6.61 Å². The molecule has 0 saturated carbocycles. The first-order valence-corrected chi connectivity index (χ1v) is 10.8. The lowest BCUT2D eigenvalue weighted by atomic mass is 10.2. The molecule has 6 nitrogen and oxygen atoms in total. The molecule has 0 aliphatic heterocycles. The number of unbranched alkanes of at least 4 members (excludes halogenated alkanes) is 2. The largest absolute Gasteiger partial charge is 0.493 e. The second-order valence-electron chi connectivity index (χ2n) is 7.23. The third kappa shape index (κ3) is 6.60. The maximum atomic E-state index is 12.7. The molecule has 0 saturated heterocycles. The molecule has 166 valence electrons. The third-order valence-electron chi connectivity index (χ3n) is 4.80. The van der Waals surface area contributed by atoms with E-state index >= 15 is 0 Å². The minimum Gasteiger partial charge on any atom is -0.493 e. The van der Waals surface area contributed by atoms with Crippen LogP contribution in [0.1, 0.15) is 52.5 Å². The number of carbonyl (C=O) groups excluding carboxylic acids is 2. The minimum absolute atomic E-state index is 0.327. The Kier molecular flexibility index (Phi) is 8.69. The first-order valence-electron chi connectivity index (χ1n) is 10.8. The van der Waals surface area contributed by atoms with Crippen molar-refractivity contribution < 1.29 is 19.1 Å². The van der Waals surface area contributed by atoms with Crippen molar-refractivity contribution in [2.45, 2.75) is 32.8 Å². The van der Waals surface area contributed by atoms with E-state index in [4.69, 9.17) is 9.47 Å². The van der Waals surface area contributed by atoms with E-state index in [0.29, 0.717) is 35.8 Å². The molecule has 0 fully saturated rings. The van der Waals surface area contributed by atoms with Crippen molar-refractivity contribution >= 4 is 11.8 Å². The van der Waals surface area contributed by atoms with E-state index < -0.39 is 11.8 Å². The molecule has 0 aliphatic rings. The normalized spacial score (nSPS) is 10.3. The summed E-state index contributed by atoms with van der Waals surface area (Å²) in [5.41, 5.74) is 6.61. The van der Waals surface area contributed by atoms with Gasteiger partial charge in [-0.05, 0) is 36.2 Å². The summed E-state index contributed by atoms with van der Waals surface area (Å²) >= 11 is 0. The fourth-order valence-electron chi connectivity index (χ4n) is 3.08. The second kappa shape index (κ2) is 12.2. The number of carbonyl (C=O) groups is 2. The van der Waals surface area contributed by atoms with Gasteiger partial charge in [0.05, 0.1) is 17.7 Å². The predicted octanol–water partition coefficient (Wildman–Crippen LogP) is 4.91. The van der Waals surface area contributed by atoms with Gasteiger partial charge in [-0.15, -0.1) is 0 Å². The average Bonchev–Trinajstić information content (AvgIpc) is 2.85. The number of nitrogens with one attached hydrogen (secondary N) is 2. The van der Waals surface area contributed by atoms with Crippen molar-refractivity contribution in [2.24, 2.45) is 0 Å². The molecule has 0 radical (unpaired) electrons. The van der Waals surface area contributed by atoms with Crippen LogP contribution in [0.4, 0.5) is 0 Å². The summed E-state index contributed by atoms with van der Waals surface area (Å²) in [6, 6.07) is 23.6. The summed E-state index contributed by atoms with van der Waals surface area (Å²) in [6.45, 7) is 2.99. The molecule has 0 unspecified atom stereocenters. The molecule has 0 aliphatic carbocycles. The molecule has 6 heteroatoms. The summed E-state index contributed by atoms with van der Waals surface area (Å²) in [6.07, 6.45) is 3.08. The zero-order chi connectivity index (χ0) is 22.6. The topological polar surface area (TPSA) is 76.7 Å². The van der Waals surface area contributed by atoms with Crippen LogP contribution >= 0.6 is 0 Å². The molecule has 0 atom stereocenters. The zero-order valence-corrected chi connectivity index (χ0v) is 18.2. The molecule has 3 aromatic rings. The van der Waals surface area contributed by atoms with E-state index in [1.165, 1.54) is 0 Å². The summed E-state index contributed by atoms with van der Waals surface area (Å²) in [5, 5.41) is 0. The van der Waals surface area contributed by atoms with Gasteiger partial charge in [0.2, 0.25) is 0 Å². The summed E-state index contributed by atoms with van der Waals surface area (Å²) < 4.78 is 11.6. The minimum atomic E-state index is -0.469. The number of hydrogen-bond acceptors (Lipinski definition) is 4. The van der Waals surface area contributed by atoms with Crippen molar-refractivity contribution in [1.29, 1.82) is 0 Å². The lowest BCUT2D eigenvalue weighted by Crippen LogP contribution is -2.41. The highest BCUT2D eigenvalue weighted by atomic mass is 16.5. The Morgan fingerprint density at radius 2 is 1.22 bits per heavy atom. The van der Waals surface area contributed by atoms with Gasteiger partial charge in [-0.2, -0.15) is 0 Å². The van der Waals surface area contributed by atoms with Crippen LogP contribution in [0.3, 0.4) is 0 Å². The monoisotopic (exact) mass is 432 g/mol. The highest BCUT2D eigenvalue weighted by molar-refractivity contribution is 6.01. The van der Waals surface area contributed by atoms with Crippen molar-refractivity contribution in [3.63, 3.8) is 0 Å². The van der Waals surface area contributed by atoms with E-state index in [-0.39, 0.29) is 0 Å². The van der Waals surface area contributed by atoms with Crippen LogP contribution < -0.4 is 20.3 Å². The first kappa shape index (κ1) is 22.9. The van der Waals surface area contributed by atoms with E-state index in [9.17, 15) is 9.59 Å². The number of amides is 2. The molecule has 2 N–H and O–H groups in total. The Bertz CT molecular complexity index is 1020. The maximum absolute atomic E-state index is 12.7. The Hall–Kier alpha value is -3.80. The highest BCUT2D eigenvalue weighted by Crippen LogP contribution is 2.20. The lowest BCUT2D eigenvalue weighted by molar-refractivity contribution is 0.0841. The molecule has 3 aromatic carbocycles. The third-order valence-corrected chi connectivity index (χ3v) is 4.80. The molecule has 2 amide bonds. The SMILES string of the molecule is CCCCCOc1ccccc1C(=O)NNC(=O)c1ccccc1OCc1ccccc1. The Labute approximate surface area is 188 Å². The summed E-state index contributed by atoms with van der Waals surface area (Å²) in [4.78, 5) is 25.4. The quantitative estimate of drug-likeness (QED) is 0.353. The Morgan fingerprint density at radius 1 is 0.688 bits per heavy atom. The zero-order valence-electron chi connectivity index (χ0n) is 18.2. The van der Waals surface area contributed by atoms with E-state index in [2.05, 4.69) is 17.8 Å². The van der Waals surface area contributed by atoms with Crippen LogP contribution in [0.2, 0.25) is 0 Å². The van der Waals surface area contributed by atoms with Crippen LogP contribution in [-0.2, 0) is 6.61 Å². The van der Waals surface area contributed by atoms with Crippen LogP contribution in [0, 0.1) is 0 Å². The van der Waals surface area contributed by atoms with Crippen LogP contribution in [0.25, 0.3) is 0 Å². The lowest BCUT2D eigenvalue weighted by Gasteiger charge is -2.14. The van der Waals surface area contributed by atoms with Gasteiger partial charge in [-0.25, -0.2) is 0 Å². The van der Waals surface area contributed by atoms with Gasteiger partial charge in [0.1, 0.15) is 18.1 Å². The van der Waals surface area contributed by atoms with Crippen LogP contribution in [0.15, 0.2) is 78.9 Å². The van der Waals surface area contributed by atoms with Gasteiger partial charge in [0.15, 0.2) is 0 Å². The molecular formula is C26H28N2O4. The Morgan fingerprint density at radius 3 is 1.81 bits per heavy atom. The number of ether oxygens (including phenoxy) is 2. The number of rotatable bonds is 10. The fraction of sp³-hybridized carbons (Fsp3) is 0.231. The molecule has 0 bridgehead atoms. The van der Waals surface area contributed by atoms with E-state index in [0.717, 1.165) is 24.8 Å². The van der Waals surface area contributed by atoms with Crippen molar-refractivity contribution in [3.8, 4) is 11.5 Å². The smallest absolute Gasteiger partial charge is 0.273 e. The number of para-hydroxylation sites is 2. The summed E-state index contributed by atoms with van der Waals surface area (Å²) in [5.74, 6) is 0.000176. The van der Waals surface area contributed by atoms with Gasteiger partial charge < -0.3 is 9.47 Å². The predicted molar refractivity (Wildman–Crippen MR) is 124 cm³/mol.